The summed E-state index contributed by atoms with van der Waals surface area (Å²) < 4.78 is 0. The summed E-state index contributed by atoms with van der Waals surface area (Å²) in [4.78, 5) is 7.15. The van der Waals surface area contributed by atoms with E-state index in [-0.39, 0.29) is 6.04 Å². The van der Waals surface area contributed by atoms with Crippen LogP contribution in [0.5, 0.6) is 0 Å². The second kappa shape index (κ2) is 6.38. The van der Waals surface area contributed by atoms with E-state index in [9.17, 15) is 0 Å². The maximum absolute atomic E-state index is 6.12. The molecule has 0 amide bonds. The van der Waals surface area contributed by atoms with Crippen LogP contribution in [0.25, 0.3) is 0 Å². The van der Waals surface area contributed by atoms with Crippen LogP contribution >= 0.6 is 0 Å². The van der Waals surface area contributed by atoms with E-state index in [1.165, 1.54) is 31.2 Å². The van der Waals surface area contributed by atoms with Crippen molar-refractivity contribution in [2.24, 2.45) is 11.7 Å². The Kier molecular flexibility index (Phi) is 4.81. The first-order chi connectivity index (χ1) is 9.09. The molecule has 1 aromatic rings. The lowest BCUT2D eigenvalue weighted by atomic mass is 10.1. The van der Waals surface area contributed by atoms with Gasteiger partial charge >= 0.3 is 0 Å². The van der Waals surface area contributed by atoms with Gasteiger partial charge in [-0.15, -0.1) is 0 Å². The van der Waals surface area contributed by atoms with Crippen LogP contribution < -0.4 is 10.6 Å². The Morgan fingerprint density at radius 2 is 2.00 bits per heavy atom. The first-order valence-corrected chi connectivity index (χ1v) is 7.56. The van der Waals surface area contributed by atoms with Crippen molar-refractivity contribution in [3.8, 4) is 0 Å². The Hall–Kier alpha value is -1.09. The number of aromatic nitrogens is 1. The van der Waals surface area contributed by atoms with E-state index in [0.717, 1.165) is 12.4 Å². The Balaban J connectivity index is 2.31. The number of nitrogens with two attached hydrogens (primary N) is 1. The van der Waals surface area contributed by atoms with Crippen molar-refractivity contribution < 1.29 is 0 Å². The molecule has 1 saturated carbocycles. The second-order valence-corrected chi connectivity index (χ2v) is 6.19. The highest BCUT2D eigenvalue weighted by atomic mass is 15.2. The molecule has 2 rings (SSSR count). The summed E-state index contributed by atoms with van der Waals surface area (Å²) in [7, 11) is 0. The van der Waals surface area contributed by atoms with Gasteiger partial charge in [0.1, 0.15) is 5.82 Å². The molecule has 0 bridgehead atoms. The highest BCUT2D eigenvalue weighted by Crippen LogP contribution is 2.31. The lowest BCUT2D eigenvalue weighted by Crippen LogP contribution is -2.38. The zero-order valence-corrected chi connectivity index (χ0v) is 12.5. The van der Waals surface area contributed by atoms with Crippen molar-refractivity contribution in [1.29, 1.82) is 0 Å². The molecule has 19 heavy (non-hydrogen) atoms. The van der Waals surface area contributed by atoms with Gasteiger partial charge in [0.05, 0.1) is 0 Å². The van der Waals surface area contributed by atoms with Gasteiger partial charge in [0.15, 0.2) is 0 Å². The molecule has 0 spiro atoms. The summed E-state index contributed by atoms with van der Waals surface area (Å²) in [5.41, 5.74) is 7.29. The van der Waals surface area contributed by atoms with E-state index in [1.807, 2.05) is 19.2 Å². The molecule has 3 nitrogen and oxygen atoms in total. The standard InChI is InChI=1S/C16H27N3/c1-12(2)11-19(14-7-4-5-8-14)16-15(13(3)17)9-6-10-18-16/h6,9-10,12-14H,4-5,7-8,11,17H2,1-3H3. The Labute approximate surface area is 117 Å². The van der Waals surface area contributed by atoms with Gasteiger partial charge in [0.25, 0.3) is 0 Å². The van der Waals surface area contributed by atoms with Crippen LogP contribution in [0.3, 0.4) is 0 Å². The van der Waals surface area contributed by atoms with Gasteiger partial charge in [-0.1, -0.05) is 32.8 Å². The number of pyridine rings is 1. The second-order valence-electron chi connectivity index (χ2n) is 6.19. The van der Waals surface area contributed by atoms with Crippen molar-refractivity contribution in [2.75, 3.05) is 11.4 Å². The van der Waals surface area contributed by atoms with Crippen LogP contribution in [0.1, 0.15) is 58.1 Å². The van der Waals surface area contributed by atoms with E-state index >= 15 is 0 Å². The van der Waals surface area contributed by atoms with Gasteiger partial charge in [-0.05, 0) is 31.7 Å². The molecule has 1 aliphatic rings. The molecular weight excluding hydrogens is 234 g/mol. The Bertz CT molecular complexity index is 395. The van der Waals surface area contributed by atoms with Crippen LogP contribution in [-0.2, 0) is 0 Å². The molecule has 1 aliphatic carbocycles. The average molecular weight is 261 g/mol. The molecule has 1 heterocycles. The predicted octanol–water partition coefficient (Wildman–Crippen LogP) is 3.51. The van der Waals surface area contributed by atoms with Gasteiger partial charge in [-0.3, -0.25) is 0 Å². The molecule has 0 aromatic carbocycles. The van der Waals surface area contributed by atoms with Crippen LogP contribution in [0.4, 0.5) is 5.82 Å². The first kappa shape index (κ1) is 14.3. The van der Waals surface area contributed by atoms with Gasteiger partial charge in [0, 0.05) is 30.4 Å². The van der Waals surface area contributed by atoms with E-state index in [0.29, 0.717) is 12.0 Å². The van der Waals surface area contributed by atoms with Crippen molar-refractivity contribution in [2.45, 2.75) is 58.5 Å². The number of hydrogen-bond donors (Lipinski definition) is 1. The highest BCUT2D eigenvalue weighted by Gasteiger charge is 2.26. The number of anilines is 1. The fourth-order valence-electron chi connectivity index (χ4n) is 3.02. The van der Waals surface area contributed by atoms with Gasteiger partial charge < -0.3 is 10.6 Å². The molecule has 1 fully saturated rings. The smallest absolute Gasteiger partial charge is 0.133 e. The fourth-order valence-corrected chi connectivity index (χ4v) is 3.02. The highest BCUT2D eigenvalue weighted by molar-refractivity contribution is 5.49. The first-order valence-electron chi connectivity index (χ1n) is 7.56. The Morgan fingerprint density at radius 1 is 1.32 bits per heavy atom. The normalized spacial score (nSPS) is 17.9. The molecule has 106 valence electrons. The van der Waals surface area contributed by atoms with Gasteiger partial charge in [-0.2, -0.15) is 0 Å². The van der Waals surface area contributed by atoms with Crippen molar-refractivity contribution in [3.63, 3.8) is 0 Å². The zero-order chi connectivity index (χ0) is 13.8. The summed E-state index contributed by atoms with van der Waals surface area (Å²) in [6.45, 7) is 7.66. The quantitative estimate of drug-likeness (QED) is 0.882. The molecular formula is C16H27N3. The minimum Gasteiger partial charge on any atom is -0.353 e. The molecule has 0 aliphatic heterocycles. The van der Waals surface area contributed by atoms with Crippen molar-refractivity contribution in [1.82, 2.24) is 4.98 Å². The molecule has 0 radical (unpaired) electrons. The maximum atomic E-state index is 6.12. The monoisotopic (exact) mass is 261 g/mol. The third-order valence-electron chi connectivity index (χ3n) is 3.91. The number of nitrogens with zero attached hydrogens (tertiary/aromatic N) is 2. The number of rotatable bonds is 5. The van der Waals surface area contributed by atoms with E-state index in [1.54, 1.807) is 0 Å². The van der Waals surface area contributed by atoms with Gasteiger partial charge in [0.2, 0.25) is 0 Å². The van der Waals surface area contributed by atoms with Crippen molar-refractivity contribution >= 4 is 5.82 Å². The third kappa shape index (κ3) is 3.47. The fraction of sp³-hybridized carbons (Fsp3) is 0.688. The SMILES string of the molecule is CC(C)CN(c1ncccc1C(C)N)C1CCCC1. The van der Waals surface area contributed by atoms with Crippen molar-refractivity contribution in [3.05, 3.63) is 23.9 Å². The summed E-state index contributed by atoms with van der Waals surface area (Å²) in [5.74, 6) is 1.75. The lowest BCUT2D eigenvalue weighted by Gasteiger charge is -2.33. The minimum atomic E-state index is 0.0414. The summed E-state index contributed by atoms with van der Waals surface area (Å²) in [6, 6.07) is 4.80. The molecule has 0 saturated heterocycles. The topological polar surface area (TPSA) is 42.2 Å². The average Bonchev–Trinajstić information content (AvgIpc) is 2.89. The lowest BCUT2D eigenvalue weighted by molar-refractivity contribution is 0.528. The van der Waals surface area contributed by atoms with Crippen LogP contribution in [0.15, 0.2) is 18.3 Å². The van der Waals surface area contributed by atoms with E-state index in [4.69, 9.17) is 5.73 Å². The zero-order valence-electron chi connectivity index (χ0n) is 12.5. The van der Waals surface area contributed by atoms with E-state index in [2.05, 4.69) is 29.8 Å². The summed E-state index contributed by atoms with van der Waals surface area (Å²) in [6.07, 6.45) is 7.17. The number of hydrogen-bond acceptors (Lipinski definition) is 3. The summed E-state index contributed by atoms with van der Waals surface area (Å²) in [5, 5.41) is 0. The molecule has 2 N–H and O–H groups in total. The maximum Gasteiger partial charge on any atom is 0.133 e. The van der Waals surface area contributed by atoms with E-state index < -0.39 is 0 Å². The molecule has 3 heteroatoms. The molecule has 1 atom stereocenters. The van der Waals surface area contributed by atoms with Gasteiger partial charge in [-0.25, -0.2) is 4.98 Å². The molecule has 1 aromatic heterocycles. The minimum absolute atomic E-state index is 0.0414. The van der Waals surface area contributed by atoms with Crippen LogP contribution in [-0.4, -0.2) is 17.6 Å². The van der Waals surface area contributed by atoms with Crippen LogP contribution in [0.2, 0.25) is 0 Å². The molecule has 1 unspecified atom stereocenters. The predicted molar refractivity (Wildman–Crippen MR) is 81.3 cm³/mol. The Morgan fingerprint density at radius 3 is 2.58 bits per heavy atom. The summed E-state index contributed by atoms with van der Waals surface area (Å²) >= 11 is 0. The largest absolute Gasteiger partial charge is 0.353 e. The third-order valence-corrected chi connectivity index (χ3v) is 3.91. The van der Waals surface area contributed by atoms with Crippen LogP contribution in [0, 0.1) is 5.92 Å².